The van der Waals surface area contributed by atoms with Crippen LogP contribution in [0.25, 0.3) is 0 Å². The Kier molecular flexibility index (Phi) is 5.95. The smallest absolute Gasteiger partial charge is 0.239 e. The van der Waals surface area contributed by atoms with Gasteiger partial charge in [-0.05, 0) is 24.6 Å². The van der Waals surface area contributed by atoms with E-state index in [0.717, 1.165) is 12.1 Å². The molecule has 0 saturated heterocycles. The summed E-state index contributed by atoms with van der Waals surface area (Å²) in [6.45, 7) is 2.85. The number of halogens is 1. The fourth-order valence-corrected chi connectivity index (χ4v) is 1.87. The van der Waals surface area contributed by atoms with Gasteiger partial charge in [-0.25, -0.2) is 0 Å². The highest BCUT2D eigenvalue weighted by atomic mass is 35.5. The summed E-state index contributed by atoms with van der Waals surface area (Å²) in [7, 11) is 1.81. The highest BCUT2D eigenvalue weighted by Gasteiger charge is 2.10. The second kappa shape index (κ2) is 7.24. The van der Waals surface area contributed by atoms with Crippen molar-refractivity contribution in [1.82, 2.24) is 5.32 Å². The fraction of sp³-hybridized carbons (Fsp3) is 0.462. The third kappa shape index (κ3) is 4.20. The first-order valence-electron chi connectivity index (χ1n) is 5.95. The monoisotopic (exact) mass is 270 g/mol. The molecule has 0 aromatic heterocycles. The lowest BCUT2D eigenvalue weighted by Crippen LogP contribution is -2.35. The standard InChI is InChI=1S/C13H19ClN2O2/c1-3-6-15-13(18)8-16(2)12-5-4-11(14)7-10(12)9-17/h4-5,7,17H,3,6,8-9H2,1-2H3,(H,15,18). The number of aliphatic hydroxyl groups excluding tert-OH is 1. The van der Waals surface area contributed by atoms with E-state index in [2.05, 4.69) is 5.32 Å². The van der Waals surface area contributed by atoms with Crippen molar-refractivity contribution in [2.24, 2.45) is 0 Å². The molecule has 0 fully saturated rings. The lowest BCUT2D eigenvalue weighted by Gasteiger charge is -2.21. The van der Waals surface area contributed by atoms with Crippen LogP contribution < -0.4 is 10.2 Å². The Bertz CT molecular complexity index is 410. The summed E-state index contributed by atoms with van der Waals surface area (Å²) in [6.07, 6.45) is 0.915. The number of rotatable bonds is 6. The van der Waals surface area contributed by atoms with E-state index in [1.807, 2.05) is 14.0 Å². The molecule has 0 aliphatic carbocycles. The Labute approximate surface area is 113 Å². The molecule has 100 valence electrons. The van der Waals surface area contributed by atoms with E-state index in [4.69, 9.17) is 11.6 Å². The minimum absolute atomic E-state index is 0.0295. The first kappa shape index (κ1) is 14.8. The van der Waals surface area contributed by atoms with Gasteiger partial charge in [0.1, 0.15) is 0 Å². The molecule has 2 N–H and O–H groups in total. The van der Waals surface area contributed by atoms with Crippen LogP contribution in [0.2, 0.25) is 5.02 Å². The number of carbonyl (C=O) groups excluding carboxylic acids is 1. The van der Waals surface area contributed by atoms with Crippen LogP contribution in [0.4, 0.5) is 5.69 Å². The third-order valence-electron chi connectivity index (χ3n) is 2.58. The van der Waals surface area contributed by atoms with Gasteiger partial charge in [-0.2, -0.15) is 0 Å². The molecule has 1 aromatic carbocycles. The van der Waals surface area contributed by atoms with Gasteiger partial charge < -0.3 is 15.3 Å². The zero-order chi connectivity index (χ0) is 13.5. The van der Waals surface area contributed by atoms with E-state index in [1.54, 1.807) is 23.1 Å². The topological polar surface area (TPSA) is 52.6 Å². The highest BCUT2D eigenvalue weighted by molar-refractivity contribution is 6.30. The largest absolute Gasteiger partial charge is 0.392 e. The molecule has 0 unspecified atom stereocenters. The maximum Gasteiger partial charge on any atom is 0.239 e. The molecule has 0 saturated carbocycles. The van der Waals surface area contributed by atoms with Crippen molar-refractivity contribution >= 4 is 23.2 Å². The Morgan fingerprint density at radius 3 is 2.83 bits per heavy atom. The molecule has 0 spiro atoms. The number of benzene rings is 1. The minimum Gasteiger partial charge on any atom is -0.392 e. The summed E-state index contributed by atoms with van der Waals surface area (Å²) in [6, 6.07) is 5.26. The van der Waals surface area contributed by atoms with E-state index >= 15 is 0 Å². The number of aliphatic hydroxyl groups is 1. The summed E-state index contributed by atoms with van der Waals surface area (Å²) in [5.41, 5.74) is 1.53. The van der Waals surface area contributed by atoms with Gasteiger partial charge in [-0.15, -0.1) is 0 Å². The summed E-state index contributed by atoms with van der Waals surface area (Å²) < 4.78 is 0. The SMILES string of the molecule is CCCNC(=O)CN(C)c1ccc(Cl)cc1CO. The molecule has 4 nitrogen and oxygen atoms in total. The van der Waals surface area contributed by atoms with Gasteiger partial charge in [0.15, 0.2) is 0 Å². The summed E-state index contributed by atoms with van der Waals surface area (Å²) >= 11 is 5.87. The van der Waals surface area contributed by atoms with Crippen molar-refractivity contribution in [3.63, 3.8) is 0 Å². The Balaban J connectivity index is 2.71. The molecule has 0 bridgehead atoms. The van der Waals surface area contributed by atoms with Crippen LogP contribution >= 0.6 is 11.6 Å². The summed E-state index contributed by atoms with van der Waals surface area (Å²) in [5, 5.41) is 12.7. The molecule has 0 atom stereocenters. The Morgan fingerprint density at radius 1 is 1.50 bits per heavy atom. The maximum atomic E-state index is 11.6. The maximum absolute atomic E-state index is 11.6. The predicted octanol–water partition coefficient (Wildman–Crippen LogP) is 1.79. The van der Waals surface area contributed by atoms with Gasteiger partial charge in [0.05, 0.1) is 13.2 Å². The quantitative estimate of drug-likeness (QED) is 0.829. The van der Waals surface area contributed by atoms with Gasteiger partial charge in [-0.3, -0.25) is 4.79 Å². The van der Waals surface area contributed by atoms with Crippen molar-refractivity contribution < 1.29 is 9.90 Å². The van der Waals surface area contributed by atoms with Crippen LogP contribution in [0, 0.1) is 0 Å². The number of nitrogens with zero attached hydrogens (tertiary/aromatic N) is 1. The molecule has 1 amide bonds. The zero-order valence-corrected chi connectivity index (χ0v) is 11.5. The second-order valence-corrected chi connectivity index (χ2v) is 4.57. The molecule has 1 rings (SSSR count). The molecular formula is C13H19ClN2O2. The third-order valence-corrected chi connectivity index (χ3v) is 2.81. The number of likely N-dealkylation sites (N-methyl/N-ethyl adjacent to an activating group) is 1. The lowest BCUT2D eigenvalue weighted by molar-refractivity contribution is -0.119. The van der Waals surface area contributed by atoms with Gasteiger partial charge >= 0.3 is 0 Å². The van der Waals surface area contributed by atoms with E-state index < -0.39 is 0 Å². The first-order chi connectivity index (χ1) is 8.58. The number of hydrogen-bond donors (Lipinski definition) is 2. The molecule has 1 aromatic rings. The Morgan fingerprint density at radius 2 is 2.22 bits per heavy atom. The molecule has 0 radical (unpaired) electrons. The predicted molar refractivity (Wildman–Crippen MR) is 73.9 cm³/mol. The van der Waals surface area contributed by atoms with Crippen LogP contribution in [-0.4, -0.2) is 31.2 Å². The van der Waals surface area contributed by atoms with Gasteiger partial charge in [0.2, 0.25) is 5.91 Å². The van der Waals surface area contributed by atoms with Crippen LogP contribution in [0.5, 0.6) is 0 Å². The number of anilines is 1. The molecule has 0 heterocycles. The number of carbonyl (C=O) groups is 1. The van der Waals surface area contributed by atoms with Crippen molar-refractivity contribution in [2.75, 3.05) is 25.0 Å². The van der Waals surface area contributed by atoms with Crippen molar-refractivity contribution in [2.45, 2.75) is 20.0 Å². The van der Waals surface area contributed by atoms with Crippen LogP contribution in [0.15, 0.2) is 18.2 Å². The second-order valence-electron chi connectivity index (χ2n) is 4.14. The van der Waals surface area contributed by atoms with Gasteiger partial charge in [-0.1, -0.05) is 18.5 Å². The average molecular weight is 271 g/mol. The van der Waals surface area contributed by atoms with Crippen molar-refractivity contribution in [3.8, 4) is 0 Å². The summed E-state index contributed by atoms with van der Waals surface area (Å²) in [4.78, 5) is 13.4. The minimum atomic E-state index is -0.100. The van der Waals surface area contributed by atoms with Crippen LogP contribution in [-0.2, 0) is 11.4 Å². The van der Waals surface area contributed by atoms with Gasteiger partial charge in [0, 0.05) is 29.9 Å². The normalized spacial score (nSPS) is 10.2. The van der Waals surface area contributed by atoms with E-state index in [1.165, 1.54) is 0 Å². The van der Waals surface area contributed by atoms with Gasteiger partial charge in [0.25, 0.3) is 0 Å². The number of hydrogen-bond acceptors (Lipinski definition) is 3. The molecule has 5 heteroatoms. The highest BCUT2D eigenvalue weighted by Crippen LogP contribution is 2.23. The number of nitrogens with one attached hydrogen (secondary N) is 1. The Hall–Kier alpha value is -1.26. The number of amides is 1. The lowest BCUT2D eigenvalue weighted by atomic mass is 10.1. The van der Waals surface area contributed by atoms with E-state index in [-0.39, 0.29) is 19.1 Å². The van der Waals surface area contributed by atoms with Crippen LogP contribution in [0.3, 0.4) is 0 Å². The summed E-state index contributed by atoms with van der Waals surface area (Å²) in [5.74, 6) is -0.0295. The fourth-order valence-electron chi connectivity index (χ4n) is 1.67. The van der Waals surface area contributed by atoms with Crippen molar-refractivity contribution in [1.29, 1.82) is 0 Å². The molecular weight excluding hydrogens is 252 g/mol. The van der Waals surface area contributed by atoms with Crippen LogP contribution in [0.1, 0.15) is 18.9 Å². The first-order valence-corrected chi connectivity index (χ1v) is 6.33. The molecule has 0 aliphatic rings. The zero-order valence-electron chi connectivity index (χ0n) is 10.7. The van der Waals surface area contributed by atoms with E-state index in [9.17, 15) is 9.90 Å². The molecule has 0 aliphatic heterocycles. The van der Waals surface area contributed by atoms with E-state index in [0.29, 0.717) is 17.1 Å². The molecule has 18 heavy (non-hydrogen) atoms. The van der Waals surface area contributed by atoms with Crippen molar-refractivity contribution in [3.05, 3.63) is 28.8 Å². The average Bonchev–Trinajstić information content (AvgIpc) is 2.35.